The summed E-state index contributed by atoms with van der Waals surface area (Å²) >= 11 is 0. The lowest BCUT2D eigenvalue weighted by atomic mass is 10.0. The molecule has 0 aromatic heterocycles. The zero-order chi connectivity index (χ0) is 59.2. The fourth-order valence-corrected chi connectivity index (χ4v) is 9.36. The smallest absolute Gasteiger partial charge is 0.306 e. The molecule has 0 fully saturated rings. The molecule has 0 spiro atoms. The van der Waals surface area contributed by atoms with Crippen LogP contribution >= 0.6 is 0 Å². The molecule has 0 N–H and O–H groups in total. The molecule has 0 heterocycles. The Morgan fingerprint density at radius 3 is 0.744 bits per heavy atom. The molecule has 466 valence electrons. The summed E-state index contributed by atoms with van der Waals surface area (Å²) in [5.74, 6) is -0.900. The maximum atomic E-state index is 12.9. The largest absolute Gasteiger partial charge is 0.462 e. The number of ether oxygens (including phenoxy) is 3. The van der Waals surface area contributed by atoms with Crippen LogP contribution in [-0.4, -0.2) is 37.2 Å². The van der Waals surface area contributed by atoms with Crippen LogP contribution in [0.25, 0.3) is 0 Å². The zero-order valence-corrected chi connectivity index (χ0v) is 53.5. The van der Waals surface area contributed by atoms with Crippen LogP contribution in [0.3, 0.4) is 0 Å². The van der Waals surface area contributed by atoms with Gasteiger partial charge in [0.2, 0.25) is 0 Å². The quantitative estimate of drug-likeness (QED) is 0.0261. The number of hydrogen-bond donors (Lipinski definition) is 0. The van der Waals surface area contributed by atoms with Gasteiger partial charge in [0.05, 0.1) is 0 Å². The van der Waals surface area contributed by atoms with Crippen molar-refractivity contribution in [2.24, 2.45) is 0 Å². The molecule has 0 radical (unpaired) electrons. The van der Waals surface area contributed by atoms with Crippen LogP contribution < -0.4 is 0 Å². The van der Waals surface area contributed by atoms with Gasteiger partial charge in [-0.3, -0.25) is 14.4 Å². The first-order chi connectivity index (χ1) is 40.5. The van der Waals surface area contributed by atoms with E-state index >= 15 is 0 Å². The molecule has 0 aromatic carbocycles. The molecule has 0 saturated carbocycles. The highest BCUT2D eigenvalue weighted by atomic mass is 16.6. The van der Waals surface area contributed by atoms with Crippen molar-refractivity contribution < 1.29 is 28.6 Å². The van der Waals surface area contributed by atoms with Crippen molar-refractivity contribution in [2.75, 3.05) is 13.2 Å². The van der Waals surface area contributed by atoms with E-state index in [0.29, 0.717) is 19.3 Å². The van der Waals surface area contributed by atoms with Gasteiger partial charge < -0.3 is 14.2 Å². The first kappa shape index (κ1) is 77.5. The van der Waals surface area contributed by atoms with Gasteiger partial charge in [-0.05, 0) is 116 Å². The third-order valence-corrected chi connectivity index (χ3v) is 14.4. The summed E-state index contributed by atoms with van der Waals surface area (Å²) in [5, 5.41) is 0. The first-order valence-corrected chi connectivity index (χ1v) is 34.2. The average molecular weight is 1140 g/mol. The van der Waals surface area contributed by atoms with Gasteiger partial charge in [-0.25, -0.2) is 0 Å². The number of unbranched alkanes of at least 4 members (excludes halogenated alkanes) is 28. The Labute approximate surface area is 506 Å². The summed E-state index contributed by atoms with van der Waals surface area (Å²) in [7, 11) is 0. The number of allylic oxidation sites excluding steroid dienone is 22. The van der Waals surface area contributed by atoms with Crippen molar-refractivity contribution in [1.82, 2.24) is 0 Å². The van der Waals surface area contributed by atoms with Crippen molar-refractivity contribution in [2.45, 2.75) is 316 Å². The predicted octanol–water partition coefficient (Wildman–Crippen LogP) is 23.7. The molecule has 82 heavy (non-hydrogen) atoms. The van der Waals surface area contributed by atoms with Crippen molar-refractivity contribution in [3.05, 3.63) is 134 Å². The van der Waals surface area contributed by atoms with Crippen LogP contribution in [0.1, 0.15) is 310 Å². The number of carbonyl (C=O) groups is 3. The summed E-state index contributed by atoms with van der Waals surface area (Å²) in [4.78, 5) is 38.4. The van der Waals surface area contributed by atoms with E-state index in [1.807, 2.05) is 0 Å². The molecule has 0 aliphatic carbocycles. The van der Waals surface area contributed by atoms with E-state index in [2.05, 4.69) is 154 Å². The zero-order valence-electron chi connectivity index (χ0n) is 53.5. The second-order valence-corrected chi connectivity index (χ2v) is 22.3. The van der Waals surface area contributed by atoms with Gasteiger partial charge in [0.15, 0.2) is 6.10 Å². The molecule has 6 nitrogen and oxygen atoms in total. The minimum atomic E-state index is -0.792. The molecule has 0 bridgehead atoms. The van der Waals surface area contributed by atoms with E-state index < -0.39 is 6.10 Å². The first-order valence-electron chi connectivity index (χ1n) is 34.2. The van der Waals surface area contributed by atoms with Gasteiger partial charge in [-0.2, -0.15) is 0 Å². The molecule has 0 amide bonds. The summed E-state index contributed by atoms with van der Waals surface area (Å²) in [6.07, 6.45) is 97.5. The minimum Gasteiger partial charge on any atom is -0.462 e. The Hall–Kier alpha value is -4.45. The molecular formula is C76H126O6. The monoisotopic (exact) mass is 1130 g/mol. The second kappa shape index (κ2) is 69.0. The van der Waals surface area contributed by atoms with E-state index in [0.717, 1.165) is 148 Å². The lowest BCUT2D eigenvalue weighted by Gasteiger charge is -2.18. The van der Waals surface area contributed by atoms with Gasteiger partial charge in [0.25, 0.3) is 0 Å². The van der Waals surface area contributed by atoms with E-state index in [1.165, 1.54) is 122 Å². The van der Waals surface area contributed by atoms with Gasteiger partial charge in [-0.15, -0.1) is 0 Å². The topological polar surface area (TPSA) is 78.9 Å². The van der Waals surface area contributed by atoms with E-state index in [1.54, 1.807) is 0 Å². The van der Waals surface area contributed by atoms with Crippen molar-refractivity contribution in [3.8, 4) is 0 Å². The second-order valence-electron chi connectivity index (χ2n) is 22.3. The highest BCUT2D eigenvalue weighted by Crippen LogP contribution is 2.16. The summed E-state index contributed by atoms with van der Waals surface area (Å²) in [6.45, 7) is 6.41. The van der Waals surface area contributed by atoms with Gasteiger partial charge in [-0.1, -0.05) is 309 Å². The number of rotatable bonds is 61. The summed E-state index contributed by atoms with van der Waals surface area (Å²) < 4.78 is 16.9. The molecule has 6 heteroatoms. The summed E-state index contributed by atoms with van der Waals surface area (Å²) in [5.41, 5.74) is 0. The number of esters is 3. The predicted molar refractivity (Wildman–Crippen MR) is 357 cm³/mol. The molecule has 0 rings (SSSR count). The molecule has 1 unspecified atom stereocenters. The van der Waals surface area contributed by atoms with Gasteiger partial charge in [0.1, 0.15) is 13.2 Å². The molecule has 0 aliphatic heterocycles. The van der Waals surface area contributed by atoms with Crippen LogP contribution in [0.5, 0.6) is 0 Å². The molecular weight excluding hydrogens is 1010 g/mol. The van der Waals surface area contributed by atoms with E-state index in [-0.39, 0.29) is 31.1 Å². The molecule has 0 saturated heterocycles. The van der Waals surface area contributed by atoms with Gasteiger partial charge in [0, 0.05) is 19.3 Å². The molecule has 0 aliphatic rings. The maximum absolute atomic E-state index is 12.9. The van der Waals surface area contributed by atoms with Crippen LogP contribution in [-0.2, 0) is 28.6 Å². The summed E-state index contributed by atoms with van der Waals surface area (Å²) in [6, 6.07) is 0. The van der Waals surface area contributed by atoms with Crippen LogP contribution in [0, 0.1) is 0 Å². The lowest BCUT2D eigenvalue weighted by molar-refractivity contribution is -0.167. The van der Waals surface area contributed by atoms with E-state index in [4.69, 9.17) is 14.2 Å². The normalized spacial score (nSPS) is 13.0. The SMILES string of the molecule is CC/C=C\C/C=C\C/C=C\C/C=C\C/C=C\C/C=C\CCCCCCCCCCCCCCC(=O)OCC(COC(=O)CCCCCCCCCCCCCC)OC(=O)CCCCCCC/C=C\C/C=C\C/C=C\C/C=C\C/C=C\CC. The Morgan fingerprint density at radius 1 is 0.256 bits per heavy atom. The average Bonchev–Trinajstić information content (AvgIpc) is 3.47. The third kappa shape index (κ3) is 66.4. The standard InChI is InChI=1S/C76H126O6/c1-4-7-10-13-16-19-22-25-27-29-31-33-34-35-36-37-38-39-40-41-42-44-45-47-49-51-54-57-60-63-66-69-75(78)81-72-73(71-80-74(77)68-65-62-59-56-53-24-21-18-15-12-9-6-3)82-76(79)70-67-64-61-58-55-52-50-48-46-43-32-30-28-26-23-20-17-14-11-8-5-2/h7-8,10-11,16-17,19-20,25-28,31-33,35-36,38-39,43,48,50,73H,4-6,9,12-15,18,21-24,29-30,34,37,40-42,44-47,49,51-72H2,1-3H3/b10-7-,11-8-,19-16-,20-17-,27-25-,28-26-,33-31-,36-35-,39-38-,43-32-,50-48-. The van der Waals surface area contributed by atoms with Crippen molar-refractivity contribution in [1.29, 1.82) is 0 Å². The Bertz CT molecular complexity index is 1730. The maximum Gasteiger partial charge on any atom is 0.306 e. The highest BCUT2D eigenvalue weighted by molar-refractivity contribution is 5.71. The fraction of sp³-hybridized carbons (Fsp3) is 0.671. The highest BCUT2D eigenvalue weighted by Gasteiger charge is 2.19. The Kier molecular flexibility index (Phi) is 65.3. The number of hydrogen-bond acceptors (Lipinski definition) is 6. The fourth-order valence-electron chi connectivity index (χ4n) is 9.36. The number of carbonyl (C=O) groups excluding carboxylic acids is 3. The molecule has 0 aromatic rings. The van der Waals surface area contributed by atoms with Gasteiger partial charge >= 0.3 is 17.9 Å². The van der Waals surface area contributed by atoms with Crippen LogP contribution in [0.4, 0.5) is 0 Å². The third-order valence-electron chi connectivity index (χ3n) is 14.4. The Balaban J connectivity index is 4.29. The Morgan fingerprint density at radius 2 is 0.476 bits per heavy atom. The van der Waals surface area contributed by atoms with Crippen molar-refractivity contribution >= 4 is 17.9 Å². The van der Waals surface area contributed by atoms with Crippen molar-refractivity contribution in [3.63, 3.8) is 0 Å². The minimum absolute atomic E-state index is 0.0863. The van der Waals surface area contributed by atoms with Crippen LogP contribution in [0.15, 0.2) is 134 Å². The van der Waals surface area contributed by atoms with Crippen LogP contribution in [0.2, 0.25) is 0 Å². The lowest BCUT2D eigenvalue weighted by Crippen LogP contribution is -2.30. The molecule has 1 atom stereocenters. The van der Waals surface area contributed by atoms with E-state index in [9.17, 15) is 14.4 Å².